The number of unbranched alkanes of at least 4 members (excludes halogenated alkanes) is 1. The number of likely N-dealkylation sites (tertiary alicyclic amines) is 1. The summed E-state index contributed by atoms with van der Waals surface area (Å²) in [7, 11) is 0. The summed E-state index contributed by atoms with van der Waals surface area (Å²) in [6, 6.07) is 16.4. The Morgan fingerprint density at radius 1 is 1.03 bits per heavy atom. The van der Waals surface area contributed by atoms with Crippen molar-refractivity contribution in [2.24, 2.45) is 0 Å². The van der Waals surface area contributed by atoms with Crippen LogP contribution in [0.5, 0.6) is 0 Å². The van der Waals surface area contributed by atoms with E-state index in [0.717, 1.165) is 29.2 Å². The average molecular weight is 386 g/mol. The molecule has 2 aromatic carbocycles. The van der Waals surface area contributed by atoms with Crippen LogP contribution in [0.3, 0.4) is 0 Å². The summed E-state index contributed by atoms with van der Waals surface area (Å²) in [4.78, 5) is 31.4. The molecule has 0 radical (unpaired) electrons. The molecule has 146 valence electrons. The molecule has 0 aliphatic carbocycles. The lowest BCUT2D eigenvalue weighted by atomic mass is 9.92. The molecule has 29 heavy (non-hydrogen) atoms. The highest BCUT2D eigenvalue weighted by atomic mass is 16.3. The molecule has 1 saturated heterocycles. The van der Waals surface area contributed by atoms with Crippen LogP contribution in [0.2, 0.25) is 0 Å². The number of aliphatic hydroxyl groups is 1. The molecule has 3 aromatic rings. The van der Waals surface area contributed by atoms with Crippen molar-refractivity contribution < 1.29 is 14.7 Å². The third-order valence-corrected chi connectivity index (χ3v) is 5.36. The fourth-order valence-corrected chi connectivity index (χ4v) is 3.92. The molecule has 0 bridgehead atoms. The van der Waals surface area contributed by atoms with Crippen molar-refractivity contribution in [2.45, 2.75) is 25.8 Å². The molecular formula is C24H22N2O3. The topological polar surface area (TPSA) is 70.5 Å². The van der Waals surface area contributed by atoms with Gasteiger partial charge in [-0.3, -0.25) is 14.6 Å². The van der Waals surface area contributed by atoms with Crippen molar-refractivity contribution in [2.75, 3.05) is 6.54 Å². The quantitative estimate of drug-likeness (QED) is 0.399. The van der Waals surface area contributed by atoms with Gasteiger partial charge < -0.3 is 10.0 Å². The smallest absolute Gasteiger partial charge is 0.295 e. The number of carbonyl (C=O) groups excluding carboxylic acids is 2. The van der Waals surface area contributed by atoms with Gasteiger partial charge in [0.1, 0.15) is 5.76 Å². The Morgan fingerprint density at radius 3 is 2.52 bits per heavy atom. The lowest BCUT2D eigenvalue weighted by Gasteiger charge is -2.26. The van der Waals surface area contributed by atoms with E-state index in [1.54, 1.807) is 29.4 Å². The Hall–Kier alpha value is -3.47. The van der Waals surface area contributed by atoms with Crippen molar-refractivity contribution in [3.05, 3.63) is 83.7 Å². The second kappa shape index (κ2) is 7.87. The largest absolute Gasteiger partial charge is 0.507 e. The number of benzene rings is 2. The maximum Gasteiger partial charge on any atom is 0.295 e. The molecule has 0 spiro atoms. The number of aromatic nitrogens is 1. The van der Waals surface area contributed by atoms with Gasteiger partial charge in [0, 0.05) is 24.5 Å². The van der Waals surface area contributed by atoms with Gasteiger partial charge in [-0.05, 0) is 34.9 Å². The number of aliphatic hydroxyl groups excluding tert-OH is 1. The van der Waals surface area contributed by atoms with Gasteiger partial charge in [-0.25, -0.2) is 0 Å². The van der Waals surface area contributed by atoms with Crippen molar-refractivity contribution in [1.29, 1.82) is 0 Å². The summed E-state index contributed by atoms with van der Waals surface area (Å²) in [6.45, 7) is 2.50. The molecule has 5 heteroatoms. The monoisotopic (exact) mass is 386 g/mol. The molecule has 2 heterocycles. The number of ketones is 1. The summed E-state index contributed by atoms with van der Waals surface area (Å²) in [6.07, 6.45) is 4.78. The molecule has 1 unspecified atom stereocenters. The molecule has 1 aromatic heterocycles. The van der Waals surface area contributed by atoms with Gasteiger partial charge >= 0.3 is 0 Å². The lowest BCUT2D eigenvalue weighted by Crippen LogP contribution is -2.30. The molecule has 0 saturated carbocycles. The molecular weight excluding hydrogens is 364 g/mol. The Labute approximate surface area is 169 Å². The minimum Gasteiger partial charge on any atom is -0.507 e. The van der Waals surface area contributed by atoms with Crippen molar-refractivity contribution in [1.82, 2.24) is 9.88 Å². The number of hydrogen-bond acceptors (Lipinski definition) is 4. The first-order valence-electron chi connectivity index (χ1n) is 9.80. The highest BCUT2D eigenvalue weighted by molar-refractivity contribution is 6.46. The van der Waals surface area contributed by atoms with Crippen LogP contribution >= 0.6 is 0 Å². The van der Waals surface area contributed by atoms with Crippen LogP contribution in [0.15, 0.2) is 72.6 Å². The maximum atomic E-state index is 13.0. The number of carbonyl (C=O) groups is 2. The fourth-order valence-electron chi connectivity index (χ4n) is 3.92. The summed E-state index contributed by atoms with van der Waals surface area (Å²) < 4.78 is 0. The molecule has 5 nitrogen and oxygen atoms in total. The second-order valence-corrected chi connectivity index (χ2v) is 7.15. The number of amides is 1. The molecule has 1 N–H and O–H groups in total. The molecule has 1 aliphatic heterocycles. The SMILES string of the molecule is CCCCN1C(=O)C(=O)/C(=C(\O)c2ccncc2)C1c1cccc2ccccc12. The van der Waals surface area contributed by atoms with Gasteiger partial charge in [0.25, 0.3) is 11.7 Å². The van der Waals surface area contributed by atoms with E-state index < -0.39 is 17.7 Å². The number of fused-ring (bicyclic) bond motifs is 1. The predicted octanol–water partition coefficient (Wildman–Crippen LogP) is 4.46. The normalized spacial score (nSPS) is 18.5. The van der Waals surface area contributed by atoms with E-state index in [0.29, 0.717) is 12.1 Å². The van der Waals surface area contributed by atoms with Crippen LogP contribution in [0.1, 0.15) is 36.9 Å². The van der Waals surface area contributed by atoms with Gasteiger partial charge in [-0.2, -0.15) is 0 Å². The number of pyridine rings is 1. The summed E-state index contributed by atoms with van der Waals surface area (Å²) in [5, 5.41) is 13.0. The Kier molecular flexibility index (Phi) is 5.12. The molecule has 1 fully saturated rings. The zero-order valence-electron chi connectivity index (χ0n) is 16.2. The van der Waals surface area contributed by atoms with E-state index in [4.69, 9.17) is 0 Å². The van der Waals surface area contributed by atoms with Crippen molar-refractivity contribution in [3.8, 4) is 0 Å². The van der Waals surface area contributed by atoms with Crippen molar-refractivity contribution in [3.63, 3.8) is 0 Å². The molecule has 4 rings (SSSR count). The standard InChI is InChI=1S/C24H22N2O3/c1-2-3-15-26-21(19-10-6-8-16-7-4-5-9-18(16)19)20(23(28)24(26)29)22(27)17-11-13-25-14-12-17/h4-14,21,27H,2-3,15H2,1H3/b22-20-. The van der Waals surface area contributed by atoms with Gasteiger partial charge in [0.15, 0.2) is 0 Å². The van der Waals surface area contributed by atoms with Gasteiger partial charge in [0.05, 0.1) is 11.6 Å². The van der Waals surface area contributed by atoms with E-state index in [1.807, 2.05) is 49.4 Å². The highest BCUT2D eigenvalue weighted by Gasteiger charge is 2.46. The minimum atomic E-state index is -0.645. The van der Waals surface area contributed by atoms with Gasteiger partial charge in [-0.15, -0.1) is 0 Å². The highest BCUT2D eigenvalue weighted by Crippen LogP contribution is 2.41. The first-order valence-corrected chi connectivity index (χ1v) is 9.80. The van der Waals surface area contributed by atoms with Crippen LogP contribution in [-0.2, 0) is 9.59 Å². The number of rotatable bonds is 5. The maximum absolute atomic E-state index is 13.0. The number of hydrogen-bond donors (Lipinski definition) is 1. The first-order chi connectivity index (χ1) is 14.1. The average Bonchev–Trinajstić information content (AvgIpc) is 3.02. The Balaban J connectivity index is 1.96. The number of nitrogens with zero attached hydrogens (tertiary/aromatic N) is 2. The third kappa shape index (κ3) is 3.29. The van der Waals surface area contributed by atoms with Gasteiger partial charge in [0.2, 0.25) is 0 Å². The fraction of sp³-hybridized carbons (Fsp3) is 0.208. The van der Waals surface area contributed by atoms with E-state index >= 15 is 0 Å². The van der Waals surface area contributed by atoms with Crippen LogP contribution in [0, 0.1) is 0 Å². The number of Topliss-reactive ketones (excluding diaryl/α,β-unsaturated/α-hetero) is 1. The van der Waals surface area contributed by atoms with Crippen LogP contribution in [-0.4, -0.2) is 33.2 Å². The van der Waals surface area contributed by atoms with Crippen LogP contribution in [0.25, 0.3) is 16.5 Å². The second-order valence-electron chi connectivity index (χ2n) is 7.15. The molecule has 1 atom stereocenters. The van der Waals surface area contributed by atoms with E-state index in [2.05, 4.69) is 4.98 Å². The molecule has 1 amide bonds. The van der Waals surface area contributed by atoms with Gasteiger partial charge in [-0.1, -0.05) is 55.8 Å². The zero-order chi connectivity index (χ0) is 20.4. The lowest BCUT2D eigenvalue weighted by molar-refractivity contribution is -0.139. The minimum absolute atomic E-state index is 0.133. The van der Waals surface area contributed by atoms with E-state index in [-0.39, 0.29) is 11.3 Å². The predicted molar refractivity (Wildman–Crippen MR) is 112 cm³/mol. The van der Waals surface area contributed by atoms with E-state index in [1.165, 1.54) is 0 Å². The first kappa shape index (κ1) is 18.9. The van der Waals surface area contributed by atoms with Crippen molar-refractivity contribution >= 4 is 28.2 Å². The zero-order valence-corrected chi connectivity index (χ0v) is 16.2. The third-order valence-electron chi connectivity index (χ3n) is 5.36. The van der Waals surface area contributed by atoms with Crippen LogP contribution < -0.4 is 0 Å². The van der Waals surface area contributed by atoms with E-state index in [9.17, 15) is 14.7 Å². The van der Waals surface area contributed by atoms with Crippen LogP contribution in [0.4, 0.5) is 0 Å². The Bertz CT molecular complexity index is 1100. The Morgan fingerprint density at radius 2 is 1.76 bits per heavy atom. The molecule has 1 aliphatic rings. The summed E-state index contributed by atoms with van der Waals surface area (Å²) in [5.41, 5.74) is 1.45. The summed E-state index contributed by atoms with van der Waals surface area (Å²) in [5.74, 6) is -1.37. The summed E-state index contributed by atoms with van der Waals surface area (Å²) >= 11 is 0.